The summed E-state index contributed by atoms with van der Waals surface area (Å²) in [6.45, 7) is 0.150. The van der Waals surface area contributed by atoms with Crippen LogP contribution in [0.5, 0.6) is 0 Å². The molecule has 0 bridgehead atoms. The number of carbonyl (C=O) groups excluding carboxylic acids is 1. The zero-order valence-electron chi connectivity index (χ0n) is 12.1. The minimum Gasteiger partial charge on any atom is -0.479 e. The van der Waals surface area contributed by atoms with E-state index in [0.717, 1.165) is 6.07 Å². The number of ether oxygens (including phenoxy) is 1. The van der Waals surface area contributed by atoms with E-state index in [1.165, 1.54) is 18.1 Å². The number of aliphatic carboxylic acids is 1. The Morgan fingerprint density at radius 1 is 1.41 bits per heavy atom. The summed E-state index contributed by atoms with van der Waals surface area (Å²) in [6, 6.07) is 2.96. The van der Waals surface area contributed by atoms with Crippen molar-refractivity contribution in [1.29, 1.82) is 0 Å². The van der Waals surface area contributed by atoms with Crippen LogP contribution in [0.2, 0.25) is 0 Å². The van der Waals surface area contributed by atoms with Crippen LogP contribution in [0, 0.1) is 11.6 Å². The molecule has 1 aromatic carbocycles. The van der Waals surface area contributed by atoms with Gasteiger partial charge in [-0.3, -0.25) is 4.79 Å². The van der Waals surface area contributed by atoms with E-state index >= 15 is 0 Å². The summed E-state index contributed by atoms with van der Waals surface area (Å²) in [5.74, 6) is -3.20. The quantitative estimate of drug-likeness (QED) is 0.896. The molecule has 1 amide bonds. The first-order valence-electron chi connectivity index (χ1n) is 6.87. The second kappa shape index (κ2) is 6.39. The topological polar surface area (TPSA) is 66.8 Å². The molecule has 22 heavy (non-hydrogen) atoms. The number of methoxy groups -OCH3 is 1. The van der Waals surface area contributed by atoms with E-state index in [2.05, 4.69) is 0 Å². The van der Waals surface area contributed by atoms with Gasteiger partial charge in [-0.1, -0.05) is 6.07 Å². The van der Waals surface area contributed by atoms with Crippen molar-refractivity contribution < 1.29 is 28.2 Å². The van der Waals surface area contributed by atoms with Gasteiger partial charge in [0.15, 0.2) is 5.54 Å². The van der Waals surface area contributed by atoms with Crippen molar-refractivity contribution in [2.45, 2.75) is 24.8 Å². The van der Waals surface area contributed by atoms with Crippen LogP contribution in [-0.2, 0) is 20.7 Å². The number of halogens is 2. The molecule has 1 heterocycles. The van der Waals surface area contributed by atoms with Gasteiger partial charge in [-0.2, -0.15) is 0 Å². The summed E-state index contributed by atoms with van der Waals surface area (Å²) in [5, 5.41) is 9.47. The molecule has 5 nitrogen and oxygen atoms in total. The number of amides is 1. The van der Waals surface area contributed by atoms with E-state index in [1.54, 1.807) is 0 Å². The predicted molar refractivity (Wildman–Crippen MR) is 73.3 cm³/mol. The molecule has 1 saturated heterocycles. The molecule has 1 aliphatic heterocycles. The summed E-state index contributed by atoms with van der Waals surface area (Å²) >= 11 is 0. The maximum atomic E-state index is 13.6. The second-order valence-electron chi connectivity index (χ2n) is 5.33. The number of nitrogens with zero attached hydrogens (tertiary/aromatic N) is 1. The monoisotopic (exact) mass is 313 g/mol. The Morgan fingerprint density at radius 3 is 2.73 bits per heavy atom. The number of likely N-dealkylation sites (tertiary alicyclic amines) is 1. The molecular formula is C15H17F2NO4. The fourth-order valence-electron chi connectivity index (χ4n) is 2.84. The number of carbonyl (C=O) groups is 2. The fraction of sp³-hybridized carbons (Fsp3) is 0.467. The van der Waals surface area contributed by atoms with Crippen LogP contribution in [0.4, 0.5) is 8.78 Å². The van der Waals surface area contributed by atoms with Crippen molar-refractivity contribution in [1.82, 2.24) is 4.90 Å². The molecule has 0 saturated carbocycles. The second-order valence-corrected chi connectivity index (χ2v) is 5.33. The molecule has 0 spiro atoms. The Balaban J connectivity index is 2.22. The molecule has 1 unspecified atom stereocenters. The molecule has 1 fully saturated rings. The van der Waals surface area contributed by atoms with E-state index < -0.39 is 29.0 Å². The van der Waals surface area contributed by atoms with Crippen LogP contribution in [0.3, 0.4) is 0 Å². The molecule has 1 N–H and O–H groups in total. The van der Waals surface area contributed by atoms with Gasteiger partial charge in [-0.25, -0.2) is 13.6 Å². The first-order valence-corrected chi connectivity index (χ1v) is 6.87. The van der Waals surface area contributed by atoms with E-state index in [1.807, 2.05) is 0 Å². The van der Waals surface area contributed by atoms with E-state index in [0.29, 0.717) is 12.5 Å². The maximum Gasteiger partial charge on any atom is 0.332 e. The zero-order valence-corrected chi connectivity index (χ0v) is 12.1. The molecule has 1 atom stereocenters. The number of benzene rings is 1. The molecule has 0 aromatic heterocycles. The summed E-state index contributed by atoms with van der Waals surface area (Å²) in [6.07, 6.45) is 0.506. The normalized spacial score (nSPS) is 21.1. The first-order chi connectivity index (χ1) is 10.4. The van der Waals surface area contributed by atoms with Gasteiger partial charge in [0, 0.05) is 19.7 Å². The predicted octanol–water partition coefficient (Wildman–Crippen LogP) is 1.60. The van der Waals surface area contributed by atoms with Crippen molar-refractivity contribution in [3.63, 3.8) is 0 Å². The minimum absolute atomic E-state index is 0.0370. The van der Waals surface area contributed by atoms with Crippen LogP contribution < -0.4 is 0 Å². The van der Waals surface area contributed by atoms with Gasteiger partial charge in [0.2, 0.25) is 5.91 Å². The lowest BCUT2D eigenvalue weighted by molar-refractivity contribution is -0.160. The van der Waals surface area contributed by atoms with Crippen molar-refractivity contribution >= 4 is 11.9 Å². The maximum absolute atomic E-state index is 13.6. The highest BCUT2D eigenvalue weighted by Gasteiger charge is 2.50. The van der Waals surface area contributed by atoms with Crippen LogP contribution in [0.25, 0.3) is 0 Å². The van der Waals surface area contributed by atoms with Gasteiger partial charge in [0.1, 0.15) is 11.6 Å². The molecule has 2 rings (SSSR count). The summed E-state index contributed by atoms with van der Waals surface area (Å²) in [7, 11) is 1.37. The zero-order chi connectivity index (χ0) is 16.3. The standard InChI is InChI=1S/C15H17F2NO4/c1-22-9-15(14(20)21)5-2-6-18(15)13(19)7-10-3-4-11(16)8-12(10)17/h3-4,8H,2,5-7,9H2,1H3,(H,20,21). The minimum atomic E-state index is -1.41. The van der Waals surface area contributed by atoms with E-state index in [4.69, 9.17) is 4.74 Å². The average Bonchev–Trinajstić information content (AvgIpc) is 2.87. The number of carboxylic acid groups (broad SMARTS) is 1. The fourth-order valence-corrected chi connectivity index (χ4v) is 2.84. The molecule has 120 valence electrons. The van der Waals surface area contributed by atoms with Gasteiger partial charge in [-0.15, -0.1) is 0 Å². The van der Waals surface area contributed by atoms with Gasteiger partial charge in [0.25, 0.3) is 0 Å². The summed E-state index contributed by atoms with van der Waals surface area (Å²) < 4.78 is 31.5. The number of carboxylic acids is 1. The smallest absolute Gasteiger partial charge is 0.332 e. The SMILES string of the molecule is COCC1(C(=O)O)CCCN1C(=O)Cc1ccc(F)cc1F. The third kappa shape index (κ3) is 2.94. The molecule has 0 aliphatic carbocycles. The lowest BCUT2D eigenvalue weighted by atomic mass is 9.96. The Morgan fingerprint density at radius 2 is 2.14 bits per heavy atom. The Hall–Kier alpha value is -2.02. The summed E-state index contributed by atoms with van der Waals surface area (Å²) in [4.78, 5) is 25.2. The third-order valence-corrected chi connectivity index (χ3v) is 3.93. The van der Waals surface area contributed by atoms with Gasteiger partial charge in [0.05, 0.1) is 13.0 Å². The molecular weight excluding hydrogens is 296 g/mol. The van der Waals surface area contributed by atoms with Crippen molar-refractivity contribution in [2.75, 3.05) is 20.3 Å². The van der Waals surface area contributed by atoms with E-state index in [-0.39, 0.29) is 31.6 Å². The molecule has 1 aliphatic rings. The Labute approximate surface area is 126 Å². The lowest BCUT2D eigenvalue weighted by Gasteiger charge is -2.34. The van der Waals surface area contributed by atoms with Crippen LogP contribution in [0.15, 0.2) is 18.2 Å². The van der Waals surface area contributed by atoms with Crippen molar-refractivity contribution in [3.8, 4) is 0 Å². The van der Waals surface area contributed by atoms with Crippen molar-refractivity contribution in [3.05, 3.63) is 35.4 Å². The highest BCUT2D eigenvalue weighted by molar-refractivity contribution is 5.89. The summed E-state index contributed by atoms with van der Waals surface area (Å²) in [5.41, 5.74) is -1.38. The highest BCUT2D eigenvalue weighted by Crippen LogP contribution is 2.31. The number of hydrogen-bond acceptors (Lipinski definition) is 3. The average molecular weight is 313 g/mol. The largest absolute Gasteiger partial charge is 0.479 e. The molecule has 0 radical (unpaired) electrons. The molecule has 7 heteroatoms. The highest BCUT2D eigenvalue weighted by atomic mass is 19.1. The number of rotatable bonds is 5. The van der Waals surface area contributed by atoms with Crippen LogP contribution in [0.1, 0.15) is 18.4 Å². The van der Waals surface area contributed by atoms with Crippen LogP contribution in [-0.4, -0.2) is 47.7 Å². The van der Waals surface area contributed by atoms with E-state index in [9.17, 15) is 23.5 Å². The third-order valence-electron chi connectivity index (χ3n) is 3.93. The van der Waals surface area contributed by atoms with Crippen LogP contribution >= 0.6 is 0 Å². The lowest BCUT2D eigenvalue weighted by Crippen LogP contribution is -2.56. The van der Waals surface area contributed by atoms with Crippen molar-refractivity contribution in [2.24, 2.45) is 0 Å². The van der Waals surface area contributed by atoms with Gasteiger partial charge < -0.3 is 14.7 Å². The Bertz CT molecular complexity index is 593. The molecule has 1 aromatic rings. The Kier molecular flexibility index (Phi) is 4.75. The van der Waals surface area contributed by atoms with Gasteiger partial charge in [-0.05, 0) is 24.5 Å². The first kappa shape index (κ1) is 16.4. The van der Waals surface area contributed by atoms with Gasteiger partial charge >= 0.3 is 5.97 Å². The number of hydrogen-bond donors (Lipinski definition) is 1.